The van der Waals surface area contributed by atoms with Crippen molar-refractivity contribution in [3.05, 3.63) is 47.5 Å². The van der Waals surface area contributed by atoms with Crippen LogP contribution in [0, 0.1) is 11.7 Å². The van der Waals surface area contributed by atoms with Crippen LogP contribution in [0.2, 0.25) is 0 Å². The Morgan fingerprint density at radius 3 is 2.42 bits per heavy atom. The van der Waals surface area contributed by atoms with E-state index in [-0.39, 0.29) is 29.8 Å². The number of piperazine rings is 1. The number of benzene rings is 1. The van der Waals surface area contributed by atoms with Crippen LogP contribution in [0.4, 0.5) is 10.1 Å². The summed E-state index contributed by atoms with van der Waals surface area (Å²) in [7, 11) is 2.02. The fourth-order valence-corrected chi connectivity index (χ4v) is 5.36. The molecule has 1 aromatic carbocycles. The molecule has 2 aliphatic rings. The third-order valence-electron chi connectivity index (χ3n) is 7.69. The summed E-state index contributed by atoms with van der Waals surface area (Å²) >= 11 is 0. The first kappa shape index (κ1) is 27.8. The summed E-state index contributed by atoms with van der Waals surface area (Å²) in [4.78, 5) is 43.2. The van der Waals surface area contributed by atoms with Crippen LogP contribution in [-0.4, -0.2) is 76.6 Å². The van der Waals surface area contributed by atoms with Gasteiger partial charge in [-0.15, -0.1) is 0 Å². The number of aromatic nitrogens is 2. The van der Waals surface area contributed by atoms with Crippen LogP contribution < -0.4 is 10.6 Å². The third kappa shape index (κ3) is 6.98. The molecule has 1 atom stereocenters. The van der Waals surface area contributed by atoms with Gasteiger partial charge in [0.05, 0.1) is 12.1 Å². The summed E-state index contributed by atoms with van der Waals surface area (Å²) < 4.78 is 16.6. The van der Waals surface area contributed by atoms with E-state index in [1.54, 1.807) is 27.9 Å². The molecule has 2 aromatic rings. The summed E-state index contributed by atoms with van der Waals surface area (Å²) in [6, 6.07) is 5.31. The normalized spacial score (nSPS) is 18.0. The number of hydrogen-bond donors (Lipinski definition) is 2. The van der Waals surface area contributed by atoms with Gasteiger partial charge in [-0.05, 0) is 56.5 Å². The number of nitrogens with zero attached hydrogens (tertiary/aromatic N) is 4. The number of amides is 3. The van der Waals surface area contributed by atoms with E-state index in [1.165, 1.54) is 12.1 Å². The highest BCUT2D eigenvalue weighted by molar-refractivity contribution is 6.00. The fraction of sp³-hybridized carbons (Fsp3) is 0.571. The van der Waals surface area contributed by atoms with Crippen molar-refractivity contribution in [1.29, 1.82) is 0 Å². The van der Waals surface area contributed by atoms with Crippen molar-refractivity contribution in [3.8, 4) is 0 Å². The molecule has 206 valence electrons. The number of carbonyl (C=O) groups is 3. The highest BCUT2D eigenvalue weighted by atomic mass is 19.1. The zero-order valence-electron chi connectivity index (χ0n) is 22.4. The van der Waals surface area contributed by atoms with Crippen molar-refractivity contribution in [2.24, 2.45) is 5.92 Å². The van der Waals surface area contributed by atoms with Gasteiger partial charge < -0.3 is 20.4 Å². The Morgan fingerprint density at radius 1 is 1.05 bits per heavy atom. The number of halogens is 1. The van der Waals surface area contributed by atoms with Crippen LogP contribution >= 0.6 is 0 Å². The molecule has 2 fully saturated rings. The quantitative estimate of drug-likeness (QED) is 0.515. The van der Waals surface area contributed by atoms with Crippen LogP contribution in [0.5, 0.6) is 0 Å². The summed E-state index contributed by atoms with van der Waals surface area (Å²) in [5.41, 5.74) is 0.989. The summed E-state index contributed by atoms with van der Waals surface area (Å²) in [6.45, 7) is 5.41. The van der Waals surface area contributed by atoms with Gasteiger partial charge in [-0.1, -0.05) is 31.7 Å². The largest absolute Gasteiger partial charge is 0.340 e. The summed E-state index contributed by atoms with van der Waals surface area (Å²) in [5, 5.41) is 9.78. The number of likely N-dealkylation sites (N-methyl/N-ethyl adjacent to an activating group) is 1. The van der Waals surface area contributed by atoms with Crippen molar-refractivity contribution in [2.75, 3.05) is 38.5 Å². The molecule has 1 aliphatic carbocycles. The zero-order chi connectivity index (χ0) is 27.1. The first-order chi connectivity index (χ1) is 18.4. The Balaban J connectivity index is 1.45. The molecule has 1 aromatic heterocycles. The lowest BCUT2D eigenvalue weighted by Crippen LogP contribution is -2.49. The summed E-state index contributed by atoms with van der Waals surface area (Å²) in [6.07, 6.45) is 7.49. The molecule has 1 saturated heterocycles. The number of aryl methyl sites for hydroxylation is 1. The predicted octanol–water partition coefficient (Wildman–Crippen LogP) is 3.07. The molecule has 3 amide bonds. The van der Waals surface area contributed by atoms with Crippen LogP contribution in [0.25, 0.3) is 0 Å². The first-order valence-electron chi connectivity index (χ1n) is 13.7. The molecule has 38 heavy (non-hydrogen) atoms. The zero-order valence-corrected chi connectivity index (χ0v) is 22.4. The maximum absolute atomic E-state index is 15.1. The van der Waals surface area contributed by atoms with Crippen LogP contribution in [0.15, 0.2) is 30.5 Å². The lowest BCUT2D eigenvalue weighted by Gasteiger charge is -2.32. The van der Waals surface area contributed by atoms with Gasteiger partial charge in [0.1, 0.15) is 17.6 Å². The van der Waals surface area contributed by atoms with Crippen LogP contribution in [-0.2, 0) is 22.6 Å². The van der Waals surface area contributed by atoms with Gasteiger partial charge in [0.2, 0.25) is 11.8 Å². The van der Waals surface area contributed by atoms with E-state index in [1.807, 2.05) is 14.0 Å². The first-order valence-corrected chi connectivity index (χ1v) is 13.7. The van der Waals surface area contributed by atoms with E-state index >= 15 is 4.39 Å². The molecule has 9 nitrogen and oxygen atoms in total. The van der Waals surface area contributed by atoms with Crippen molar-refractivity contribution >= 4 is 23.4 Å². The second kappa shape index (κ2) is 13.0. The number of rotatable bonds is 8. The average Bonchev–Trinajstić information content (AvgIpc) is 3.23. The number of carbonyl (C=O) groups excluding carboxylic acids is 3. The molecule has 10 heteroatoms. The van der Waals surface area contributed by atoms with E-state index in [2.05, 4.69) is 20.6 Å². The Kier molecular flexibility index (Phi) is 9.49. The van der Waals surface area contributed by atoms with Crippen LogP contribution in [0.1, 0.15) is 61.5 Å². The molecule has 4 rings (SSSR count). The molecular weight excluding hydrogens is 487 g/mol. The molecule has 0 radical (unpaired) electrons. The van der Waals surface area contributed by atoms with Gasteiger partial charge in [-0.3, -0.25) is 19.1 Å². The molecule has 0 spiro atoms. The van der Waals surface area contributed by atoms with Gasteiger partial charge in [0.15, 0.2) is 0 Å². The second-order valence-corrected chi connectivity index (χ2v) is 10.4. The monoisotopic (exact) mass is 526 g/mol. The molecular formula is C28H39FN6O3. The SMILES string of the molecule is CCn1nccc1C(=O)NC(C(=O)Nc1ccc(CC(=O)N2CCN(C)CC2)cc1F)C1CCCCCC1. The van der Waals surface area contributed by atoms with Gasteiger partial charge >= 0.3 is 0 Å². The minimum absolute atomic E-state index is 0.0308. The van der Waals surface area contributed by atoms with Crippen molar-refractivity contribution in [2.45, 2.75) is 64.5 Å². The van der Waals surface area contributed by atoms with E-state index < -0.39 is 17.8 Å². The predicted molar refractivity (Wildman–Crippen MR) is 143 cm³/mol. The maximum Gasteiger partial charge on any atom is 0.270 e. The Labute approximate surface area is 223 Å². The Morgan fingerprint density at radius 2 is 1.76 bits per heavy atom. The standard InChI is InChI=1S/C28H39FN6O3/c1-3-35-24(12-13-30-35)27(37)32-26(21-8-6-4-5-7-9-21)28(38)31-23-11-10-20(18-22(23)29)19-25(36)34-16-14-33(2)15-17-34/h10-13,18,21,26H,3-9,14-17,19H2,1-2H3,(H,31,38)(H,32,37). The smallest absolute Gasteiger partial charge is 0.270 e. The lowest BCUT2D eigenvalue weighted by atomic mass is 9.91. The van der Waals surface area contributed by atoms with Gasteiger partial charge in [0.25, 0.3) is 5.91 Å². The fourth-order valence-electron chi connectivity index (χ4n) is 5.36. The van der Waals surface area contributed by atoms with E-state index in [4.69, 9.17) is 0 Å². The number of hydrogen-bond acceptors (Lipinski definition) is 5. The van der Waals surface area contributed by atoms with E-state index in [0.29, 0.717) is 30.9 Å². The summed E-state index contributed by atoms with van der Waals surface area (Å²) in [5.74, 6) is -1.48. The minimum Gasteiger partial charge on any atom is -0.340 e. The second-order valence-electron chi connectivity index (χ2n) is 10.4. The van der Waals surface area contributed by atoms with Gasteiger partial charge in [-0.2, -0.15) is 5.10 Å². The van der Waals surface area contributed by atoms with Crippen molar-refractivity contribution in [1.82, 2.24) is 24.9 Å². The highest BCUT2D eigenvalue weighted by Crippen LogP contribution is 2.27. The molecule has 1 aliphatic heterocycles. The average molecular weight is 527 g/mol. The highest BCUT2D eigenvalue weighted by Gasteiger charge is 2.32. The number of nitrogens with one attached hydrogen (secondary N) is 2. The van der Waals surface area contributed by atoms with Crippen molar-refractivity contribution in [3.63, 3.8) is 0 Å². The number of anilines is 1. The van der Waals surface area contributed by atoms with Gasteiger partial charge in [-0.25, -0.2) is 4.39 Å². The van der Waals surface area contributed by atoms with Crippen molar-refractivity contribution < 1.29 is 18.8 Å². The molecule has 0 bridgehead atoms. The molecule has 1 saturated carbocycles. The van der Waals surface area contributed by atoms with Gasteiger partial charge in [0, 0.05) is 38.9 Å². The Bertz CT molecular complexity index is 1120. The molecule has 2 heterocycles. The van der Waals surface area contributed by atoms with Crippen LogP contribution in [0.3, 0.4) is 0 Å². The molecule has 1 unspecified atom stereocenters. The maximum atomic E-state index is 15.1. The molecule has 2 N–H and O–H groups in total. The van der Waals surface area contributed by atoms with E-state index in [9.17, 15) is 14.4 Å². The lowest BCUT2D eigenvalue weighted by molar-refractivity contribution is -0.132. The third-order valence-corrected chi connectivity index (χ3v) is 7.69. The minimum atomic E-state index is -0.793. The topological polar surface area (TPSA) is 99.6 Å². The Hall–Kier alpha value is -3.27. The van der Waals surface area contributed by atoms with E-state index in [0.717, 1.165) is 51.6 Å².